The minimum Gasteiger partial charge on any atom is 0 e. The van der Waals surface area contributed by atoms with Gasteiger partial charge in [0.1, 0.15) is 0 Å². The fourth-order valence-electron chi connectivity index (χ4n) is 3.31. The van der Waals surface area contributed by atoms with Crippen molar-refractivity contribution in [3.8, 4) is 41.1 Å². The van der Waals surface area contributed by atoms with Crippen LogP contribution in [-0.4, -0.2) is 95.0 Å². The summed E-state index contributed by atoms with van der Waals surface area (Å²) in [4.78, 5) is 11.7. The molecule has 30 heavy (non-hydrogen) atoms. The first-order valence-corrected chi connectivity index (χ1v) is 10.8. The van der Waals surface area contributed by atoms with Crippen LogP contribution in [0, 0.1) is 35.4 Å². The molecule has 1 atom stereocenters. The fraction of sp³-hybridized carbons (Fsp3) is 0.0833. The second-order valence-corrected chi connectivity index (χ2v) is 9.17. The van der Waals surface area contributed by atoms with E-state index in [1.807, 2.05) is 0 Å². The van der Waals surface area contributed by atoms with E-state index in [4.69, 9.17) is 10.8 Å². The Morgan fingerprint density at radius 1 is 1.23 bits per heavy atom. The Balaban J connectivity index is -0.000000124. The van der Waals surface area contributed by atoms with E-state index in [2.05, 4.69) is 81.4 Å². The normalized spacial score (nSPS) is 9.33. The summed E-state index contributed by atoms with van der Waals surface area (Å²) >= 11 is 0. The fourth-order valence-corrected chi connectivity index (χ4v) is 5.06. The van der Waals surface area contributed by atoms with Gasteiger partial charge in [-0.15, -0.1) is 0 Å². The molecule has 2 radical (unpaired) electrons. The predicted molar refractivity (Wildman–Crippen MR) is 165 cm³/mol. The van der Waals surface area contributed by atoms with Crippen LogP contribution in [-0.2, 0) is 5.75 Å². The minimum atomic E-state index is -0.497. The first-order chi connectivity index (χ1) is 13.2. The first-order valence-electron chi connectivity index (χ1n) is 9.32. The van der Waals surface area contributed by atoms with Crippen LogP contribution in [0.3, 0.4) is 0 Å². The van der Waals surface area contributed by atoms with E-state index in [0.29, 0.717) is 37.1 Å². The third-order valence-electron chi connectivity index (χ3n) is 4.51. The Labute approximate surface area is 223 Å². The molecule has 0 aliphatic rings. The SMILES string of the molecule is O.[10BH-][10B]([10BH2])[10B]([10B]([10BH2])[10BH2])[10B]([10B]=S(C#CC#CC#C)Cc1cc(=O)c(O)co1)[10B]([10BH2])[10BH2].[HH].[HH].[HH].[HH].[HH].[HH].[HH].[Na+]. The van der Waals surface area contributed by atoms with Crippen molar-refractivity contribution in [1.29, 1.82) is 0 Å². The van der Waals surface area contributed by atoms with Crippen LogP contribution in [0.15, 0.2) is 21.5 Å². The Bertz CT molecular complexity index is 957. The average molecular weight is 417 g/mol. The van der Waals surface area contributed by atoms with Gasteiger partial charge >= 0.3 is 209 Å². The molecule has 1 unspecified atom stereocenters. The van der Waals surface area contributed by atoms with Gasteiger partial charge in [-0.05, 0) is 0 Å². The molecule has 0 aliphatic heterocycles. The van der Waals surface area contributed by atoms with E-state index in [9.17, 15) is 9.90 Å². The molecule has 148 valence electrons. The molecule has 0 amide bonds. The van der Waals surface area contributed by atoms with Gasteiger partial charge in [0, 0.05) is 9.99 Å². The molecular formula is C12H33B12NaO4S. The molecular weight excluding hydrogens is 383 g/mol. The van der Waals surface area contributed by atoms with E-state index in [-0.39, 0.29) is 51.4 Å². The van der Waals surface area contributed by atoms with Gasteiger partial charge in [0.2, 0.25) is 0 Å². The molecule has 0 fully saturated rings. The van der Waals surface area contributed by atoms with E-state index >= 15 is 0 Å². The Hall–Kier alpha value is -0.481. The summed E-state index contributed by atoms with van der Waals surface area (Å²) < 4.78 is 5.38. The molecule has 1 aromatic rings. The molecule has 0 aromatic carbocycles. The quantitative estimate of drug-likeness (QED) is 0.354. The molecule has 1 heterocycles. The third-order valence-corrected chi connectivity index (χ3v) is 6.11. The smallest absolute Gasteiger partial charge is 0 e. The van der Waals surface area contributed by atoms with Gasteiger partial charge in [-0.3, -0.25) is 0 Å². The second-order valence-electron chi connectivity index (χ2n) is 7.55. The van der Waals surface area contributed by atoms with E-state index < -0.39 is 21.5 Å². The van der Waals surface area contributed by atoms with Crippen LogP contribution in [0.4, 0.5) is 0 Å². The van der Waals surface area contributed by atoms with Crippen LogP contribution in [0.1, 0.15) is 15.7 Å². The zero-order chi connectivity index (χ0) is 21.3. The molecule has 1 rings (SSSR count). The molecule has 3 N–H and O–H groups in total. The molecule has 0 saturated heterocycles. The van der Waals surface area contributed by atoms with Crippen molar-refractivity contribution in [3.63, 3.8) is 0 Å². The summed E-state index contributed by atoms with van der Waals surface area (Å²) in [5.41, 5.74) is -0.461. The van der Waals surface area contributed by atoms with Gasteiger partial charge in [0.05, 0.1) is 0 Å². The van der Waals surface area contributed by atoms with Crippen LogP contribution in [0.25, 0.3) is 0 Å². The third kappa shape index (κ3) is 10.7. The number of rotatable bonds is 7. The first kappa shape index (κ1) is 31.7. The van der Waals surface area contributed by atoms with Crippen molar-refractivity contribution < 1.29 is 54.5 Å². The van der Waals surface area contributed by atoms with Gasteiger partial charge in [-0.2, -0.15) is 0 Å². The van der Waals surface area contributed by atoms with Crippen LogP contribution in [0.2, 0.25) is 0 Å². The van der Waals surface area contributed by atoms with Crippen molar-refractivity contribution in [2.24, 2.45) is 0 Å². The number of aromatic hydroxyl groups is 1. The van der Waals surface area contributed by atoms with Gasteiger partial charge in [0.15, 0.2) is 0 Å². The molecule has 0 bridgehead atoms. The van der Waals surface area contributed by atoms with Gasteiger partial charge in [-0.25, -0.2) is 0 Å². The number of terminal acetylenes is 1. The van der Waals surface area contributed by atoms with Crippen LogP contribution < -0.4 is 35.0 Å². The second kappa shape index (κ2) is 16.2. The molecule has 4 nitrogen and oxygen atoms in total. The summed E-state index contributed by atoms with van der Waals surface area (Å²) in [5.74, 6) is 10.7. The molecule has 0 saturated carbocycles. The summed E-state index contributed by atoms with van der Waals surface area (Å²) in [6, 6.07) is 3.57. The van der Waals surface area contributed by atoms with Crippen molar-refractivity contribution in [1.82, 2.24) is 0 Å². The molecule has 0 spiro atoms. The minimum absolute atomic E-state index is 0. The van der Waals surface area contributed by atoms with Crippen molar-refractivity contribution in [3.05, 3.63) is 28.3 Å². The number of hydrogen-bond donors (Lipinski definition) is 1. The van der Waals surface area contributed by atoms with Crippen molar-refractivity contribution in [2.45, 2.75) is 5.75 Å². The zero-order valence-corrected chi connectivity index (χ0v) is 21.6. The number of hydrogen-bond acceptors (Lipinski definition) is 3. The summed E-state index contributed by atoms with van der Waals surface area (Å²) in [5, 5.41) is 12.6. The monoisotopic (exact) mass is 416 g/mol. The Morgan fingerprint density at radius 2 is 1.87 bits per heavy atom. The molecule has 0 aliphatic carbocycles. The Morgan fingerprint density at radius 3 is 2.33 bits per heavy atom. The maximum atomic E-state index is 11.7. The topological polar surface area (TPSA) is 81.9 Å². The summed E-state index contributed by atoms with van der Waals surface area (Å²) in [7, 11) is 14.8. The Kier molecular flexibility index (Phi) is 17.1. The van der Waals surface area contributed by atoms with Crippen LogP contribution in [0.5, 0.6) is 5.75 Å². The van der Waals surface area contributed by atoms with Crippen LogP contribution >= 0.6 is 10.3 Å². The van der Waals surface area contributed by atoms with E-state index in [1.54, 1.807) is 0 Å². The largest absolute Gasteiger partial charge is 1.00 e. The van der Waals surface area contributed by atoms with Gasteiger partial charge < -0.3 is 5.48 Å². The predicted octanol–water partition coefficient (Wildman–Crippen LogP) is -8.44. The average Bonchev–Trinajstić information content (AvgIpc) is 2.60. The summed E-state index contributed by atoms with van der Waals surface area (Å²) in [6.45, 7) is 0. The maximum absolute atomic E-state index is 11.7. The van der Waals surface area contributed by atoms with Gasteiger partial charge in [0.25, 0.3) is 0 Å². The van der Waals surface area contributed by atoms with E-state index in [1.165, 1.54) is 6.07 Å². The van der Waals surface area contributed by atoms with Crippen molar-refractivity contribution in [2.75, 3.05) is 0 Å². The zero-order valence-electron chi connectivity index (χ0n) is 18.8. The standard InChI is InChI=1S/C12H17B12O3S.Na.H2O.7H2/c1-2-3-4-5-6-28(9-10-7-11(25)12(26)8-27-10)19-23(20(13)14)24(21(15)16)22(17)18;;;;;;;;;/h1,7-8,15,26H,9,13-14,16-18H2;;1H2;7*1H/q-1;+1;;;;;;;;/i13-1,14-1,15-1,16-1,17-1,18-1,19-1,20-1,21-1,22-1,23-1,24-1;;;;;;;;;. The van der Waals surface area contributed by atoms with E-state index in [0.717, 1.165) is 6.26 Å². The summed E-state index contributed by atoms with van der Waals surface area (Å²) in [6.07, 6.45) is 8.10. The van der Waals surface area contributed by atoms with Crippen molar-refractivity contribution >= 4 is 94.7 Å². The maximum Gasteiger partial charge on any atom is 1.00 e. The molecule has 1 aromatic heterocycles. The molecule has 18 heteroatoms. The van der Waals surface area contributed by atoms with Gasteiger partial charge in [-0.1, -0.05) is 0 Å².